The molecule has 9 heteroatoms. The van der Waals surface area contributed by atoms with Crippen molar-refractivity contribution in [3.8, 4) is 17.2 Å². The standard InChI is InChI=1S/C11H3Cl6NO2/c12-3-1-5(19)6(2-4(3)13)20-9-7(14)10(16)18-11(17)8(9)15/h1-2,19H. The predicted molar refractivity (Wildman–Crippen MR) is 82.5 cm³/mol. The van der Waals surface area contributed by atoms with E-state index in [1.54, 1.807) is 0 Å². The number of nitrogens with zero attached hydrogens (tertiary/aromatic N) is 1. The lowest BCUT2D eigenvalue weighted by Gasteiger charge is -2.12. The van der Waals surface area contributed by atoms with E-state index in [2.05, 4.69) is 4.98 Å². The molecule has 0 spiro atoms. The van der Waals surface area contributed by atoms with E-state index in [1.807, 2.05) is 0 Å². The molecular formula is C11H3Cl6NO2. The van der Waals surface area contributed by atoms with Gasteiger partial charge in [-0.1, -0.05) is 69.6 Å². The van der Waals surface area contributed by atoms with Crippen molar-refractivity contribution in [2.75, 3.05) is 0 Å². The molecule has 106 valence electrons. The molecule has 0 aliphatic carbocycles. The Bertz CT molecular complexity index is 665. The molecule has 0 unspecified atom stereocenters. The topological polar surface area (TPSA) is 42.4 Å². The van der Waals surface area contributed by atoms with Gasteiger partial charge in [0, 0.05) is 12.1 Å². The van der Waals surface area contributed by atoms with E-state index in [-0.39, 0.29) is 47.6 Å². The van der Waals surface area contributed by atoms with Crippen molar-refractivity contribution in [1.82, 2.24) is 4.98 Å². The SMILES string of the molecule is Oc1cc(Cl)c(Cl)cc1Oc1c(Cl)c(Cl)nc(Cl)c1Cl. The molecule has 0 amide bonds. The van der Waals surface area contributed by atoms with Crippen molar-refractivity contribution < 1.29 is 9.84 Å². The van der Waals surface area contributed by atoms with Gasteiger partial charge in [0.2, 0.25) is 0 Å². The molecule has 1 heterocycles. The molecule has 0 atom stereocenters. The van der Waals surface area contributed by atoms with Crippen LogP contribution in [0.25, 0.3) is 0 Å². The summed E-state index contributed by atoms with van der Waals surface area (Å²) >= 11 is 35.0. The first-order valence-corrected chi connectivity index (χ1v) is 7.14. The molecular weight excluding hydrogens is 391 g/mol. The van der Waals surface area contributed by atoms with E-state index in [1.165, 1.54) is 12.1 Å². The minimum absolute atomic E-state index is 0.0125. The lowest BCUT2D eigenvalue weighted by atomic mass is 10.3. The van der Waals surface area contributed by atoms with Crippen LogP contribution in [-0.4, -0.2) is 10.1 Å². The van der Waals surface area contributed by atoms with E-state index in [4.69, 9.17) is 74.3 Å². The fourth-order valence-corrected chi connectivity index (χ4v) is 2.36. The molecule has 0 bridgehead atoms. The van der Waals surface area contributed by atoms with Crippen LogP contribution in [0.15, 0.2) is 12.1 Å². The van der Waals surface area contributed by atoms with Gasteiger partial charge in [0.05, 0.1) is 10.0 Å². The molecule has 0 aliphatic rings. The van der Waals surface area contributed by atoms with Crippen molar-refractivity contribution in [3.05, 3.63) is 42.5 Å². The van der Waals surface area contributed by atoms with Crippen molar-refractivity contribution in [2.45, 2.75) is 0 Å². The second kappa shape index (κ2) is 6.22. The Morgan fingerprint density at radius 2 is 1.35 bits per heavy atom. The van der Waals surface area contributed by atoms with Crippen LogP contribution < -0.4 is 4.74 Å². The fourth-order valence-electron chi connectivity index (χ4n) is 1.27. The predicted octanol–water partition coefficient (Wildman–Crippen LogP) is 6.50. The number of halogens is 6. The Balaban J connectivity index is 2.53. The monoisotopic (exact) mass is 391 g/mol. The van der Waals surface area contributed by atoms with Gasteiger partial charge in [-0.15, -0.1) is 0 Å². The Kier molecular flexibility index (Phi) is 5.00. The largest absolute Gasteiger partial charge is 0.504 e. The summed E-state index contributed by atoms with van der Waals surface area (Å²) in [6, 6.07) is 2.51. The lowest BCUT2D eigenvalue weighted by Crippen LogP contribution is -1.91. The summed E-state index contributed by atoms with van der Waals surface area (Å²) in [5.74, 6) is -0.316. The van der Waals surface area contributed by atoms with Crippen LogP contribution in [0, 0.1) is 0 Å². The van der Waals surface area contributed by atoms with Gasteiger partial charge in [-0.25, -0.2) is 4.98 Å². The van der Waals surface area contributed by atoms with Gasteiger partial charge >= 0.3 is 0 Å². The first kappa shape index (κ1) is 16.1. The van der Waals surface area contributed by atoms with Crippen LogP contribution >= 0.6 is 69.6 Å². The number of benzene rings is 1. The summed E-state index contributed by atoms with van der Waals surface area (Å²) in [5.41, 5.74) is 0. The quantitative estimate of drug-likeness (QED) is 0.592. The van der Waals surface area contributed by atoms with Crippen molar-refractivity contribution >= 4 is 69.6 Å². The molecule has 0 fully saturated rings. The number of phenols is 1. The lowest BCUT2D eigenvalue weighted by molar-refractivity contribution is 0.411. The molecule has 1 N–H and O–H groups in total. The minimum Gasteiger partial charge on any atom is -0.504 e. The van der Waals surface area contributed by atoms with Crippen molar-refractivity contribution in [2.24, 2.45) is 0 Å². The second-order valence-corrected chi connectivity index (χ2v) is 5.77. The normalized spacial score (nSPS) is 10.7. The molecule has 2 rings (SSSR count). The van der Waals surface area contributed by atoms with E-state index in [0.717, 1.165) is 0 Å². The summed E-state index contributed by atoms with van der Waals surface area (Å²) in [4.78, 5) is 3.71. The molecule has 2 aromatic rings. The summed E-state index contributed by atoms with van der Waals surface area (Å²) < 4.78 is 5.40. The summed E-state index contributed by atoms with van der Waals surface area (Å²) in [6.07, 6.45) is 0. The highest BCUT2D eigenvalue weighted by Gasteiger charge is 2.19. The zero-order chi connectivity index (χ0) is 15.0. The maximum absolute atomic E-state index is 9.76. The summed E-state index contributed by atoms with van der Waals surface area (Å²) in [5, 5.41) is 9.83. The maximum Gasteiger partial charge on any atom is 0.171 e. The average molecular weight is 394 g/mol. The molecule has 3 nitrogen and oxygen atoms in total. The van der Waals surface area contributed by atoms with E-state index in [0.29, 0.717) is 0 Å². The van der Waals surface area contributed by atoms with E-state index >= 15 is 0 Å². The number of rotatable bonds is 2. The highest BCUT2D eigenvalue weighted by molar-refractivity contribution is 6.47. The van der Waals surface area contributed by atoms with Crippen LogP contribution in [0.5, 0.6) is 17.2 Å². The van der Waals surface area contributed by atoms with Gasteiger partial charge in [-0.3, -0.25) is 0 Å². The zero-order valence-corrected chi connectivity index (χ0v) is 13.8. The van der Waals surface area contributed by atoms with Gasteiger partial charge < -0.3 is 9.84 Å². The number of phenolic OH excluding ortho intramolecular Hbond substituents is 1. The van der Waals surface area contributed by atoms with E-state index < -0.39 is 0 Å². The maximum atomic E-state index is 9.76. The van der Waals surface area contributed by atoms with Crippen molar-refractivity contribution in [3.63, 3.8) is 0 Å². The molecule has 0 aliphatic heterocycles. The van der Waals surface area contributed by atoms with Gasteiger partial charge in [0.1, 0.15) is 10.0 Å². The molecule has 0 saturated heterocycles. The smallest absolute Gasteiger partial charge is 0.171 e. The number of aromatic hydroxyl groups is 1. The Morgan fingerprint density at radius 1 is 0.850 bits per heavy atom. The molecule has 20 heavy (non-hydrogen) atoms. The first-order chi connectivity index (χ1) is 9.31. The zero-order valence-electron chi connectivity index (χ0n) is 9.23. The van der Waals surface area contributed by atoms with Crippen LogP contribution in [0.4, 0.5) is 0 Å². The summed E-state index contributed by atoms with van der Waals surface area (Å²) in [6.45, 7) is 0. The highest BCUT2D eigenvalue weighted by Crippen LogP contribution is 2.45. The van der Waals surface area contributed by atoms with E-state index in [9.17, 15) is 5.11 Å². The summed E-state index contributed by atoms with van der Waals surface area (Å²) in [7, 11) is 0. The minimum atomic E-state index is -0.254. The number of hydrogen-bond donors (Lipinski definition) is 1. The Labute approximate surface area is 143 Å². The van der Waals surface area contributed by atoms with Gasteiger partial charge in [0.15, 0.2) is 27.6 Å². The number of pyridine rings is 1. The van der Waals surface area contributed by atoms with Crippen LogP contribution in [0.1, 0.15) is 0 Å². The molecule has 0 saturated carbocycles. The third kappa shape index (κ3) is 3.14. The first-order valence-electron chi connectivity index (χ1n) is 4.87. The van der Waals surface area contributed by atoms with Gasteiger partial charge in [-0.05, 0) is 0 Å². The third-order valence-corrected chi connectivity index (χ3v) is 4.34. The van der Waals surface area contributed by atoms with Crippen LogP contribution in [0.2, 0.25) is 30.4 Å². The second-order valence-electron chi connectivity index (χ2n) is 3.49. The Morgan fingerprint density at radius 3 is 1.90 bits per heavy atom. The Hall–Kier alpha value is -0.290. The number of ether oxygens (including phenoxy) is 1. The highest BCUT2D eigenvalue weighted by atomic mass is 35.5. The third-order valence-electron chi connectivity index (χ3n) is 2.17. The number of aromatic nitrogens is 1. The molecule has 1 aromatic carbocycles. The van der Waals surface area contributed by atoms with Crippen molar-refractivity contribution in [1.29, 1.82) is 0 Å². The molecule has 0 radical (unpaired) electrons. The van der Waals surface area contributed by atoms with Gasteiger partial charge in [0.25, 0.3) is 0 Å². The number of hydrogen-bond acceptors (Lipinski definition) is 3. The van der Waals surface area contributed by atoms with Crippen LogP contribution in [-0.2, 0) is 0 Å². The van der Waals surface area contributed by atoms with Crippen LogP contribution in [0.3, 0.4) is 0 Å². The average Bonchev–Trinajstić information content (AvgIpc) is 2.38. The molecule has 1 aromatic heterocycles. The fraction of sp³-hybridized carbons (Fsp3) is 0. The van der Waals surface area contributed by atoms with Gasteiger partial charge in [-0.2, -0.15) is 0 Å².